The van der Waals surface area contributed by atoms with Crippen LogP contribution in [0.2, 0.25) is 10.0 Å². The number of aliphatic hydroxyl groups excluding tert-OH is 1. The van der Waals surface area contributed by atoms with Crippen LogP contribution in [0.25, 0.3) is 5.69 Å². The fourth-order valence-corrected chi connectivity index (χ4v) is 2.13. The van der Waals surface area contributed by atoms with Crippen molar-refractivity contribution in [2.75, 3.05) is 11.9 Å². The van der Waals surface area contributed by atoms with Crippen molar-refractivity contribution in [1.29, 1.82) is 0 Å². The molecule has 1 atom stereocenters. The van der Waals surface area contributed by atoms with Crippen molar-refractivity contribution in [2.45, 2.75) is 19.9 Å². The normalized spacial score (nSPS) is 12.0. The minimum absolute atomic E-state index is 0.135. The summed E-state index contributed by atoms with van der Waals surface area (Å²) in [7, 11) is 0. The van der Waals surface area contributed by atoms with E-state index in [0.717, 1.165) is 11.4 Å². The Balaban J connectivity index is 2.17. The first-order chi connectivity index (χ1) is 10.4. The Labute approximate surface area is 138 Å². The second-order valence-corrected chi connectivity index (χ2v) is 5.68. The van der Waals surface area contributed by atoms with Gasteiger partial charge in [-0.25, -0.2) is 9.48 Å². The van der Waals surface area contributed by atoms with Crippen molar-refractivity contribution in [3.8, 4) is 5.69 Å². The van der Waals surface area contributed by atoms with E-state index in [1.807, 2.05) is 6.92 Å². The second kappa shape index (κ2) is 7.00. The molecule has 3 N–H and O–H groups in total. The molecular formula is C14H16Cl2N4O2. The average Bonchev–Trinajstić information content (AvgIpc) is 2.82. The fraction of sp³-hybridized carbons (Fsp3) is 0.286. The molecule has 1 aromatic heterocycles. The van der Waals surface area contributed by atoms with Crippen LogP contribution in [-0.4, -0.2) is 33.6 Å². The molecule has 1 unspecified atom stereocenters. The minimum atomic E-state index is -0.430. The van der Waals surface area contributed by atoms with Crippen LogP contribution >= 0.6 is 23.2 Å². The highest BCUT2D eigenvalue weighted by molar-refractivity contribution is 6.42. The Bertz CT molecular complexity index is 687. The molecule has 2 rings (SSSR count). The molecule has 22 heavy (non-hydrogen) atoms. The molecule has 0 radical (unpaired) electrons. The van der Waals surface area contributed by atoms with Crippen molar-refractivity contribution in [3.05, 3.63) is 40.0 Å². The first-order valence-corrected chi connectivity index (χ1v) is 7.36. The Morgan fingerprint density at radius 3 is 2.73 bits per heavy atom. The molecule has 0 aliphatic heterocycles. The van der Waals surface area contributed by atoms with Gasteiger partial charge in [0.1, 0.15) is 0 Å². The third-order valence-electron chi connectivity index (χ3n) is 2.93. The number of aromatic nitrogens is 2. The molecular weight excluding hydrogens is 327 g/mol. The predicted molar refractivity (Wildman–Crippen MR) is 87.0 cm³/mol. The zero-order valence-electron chi connectivity index (χ0n) is 12.1. The van der Waals surface area contributed by atoms with E-state index >= 15 is 0 Å². The molecule has 0 saturated heterocycles. The number of urea groups is 1. The number of amides is 2. The van der Waals surface area contributed by atoms with Crippen molar-refractivity contribution in [2.24, 2.45) is 0 Å². The van der Waals surface area contributed by atoms with Gasteiger partial charge in [-0.05, 0) is 32.0 Å². The van der Waals surface area contributed by atoms with Gasteiger partial charge in [0.2, 0.25) is 0 Å². The smallest absolute Gasteiger partial charge is 0.320 e. The van der Waals surface area contributed by atoms with Gasteiger partial charge in [0, 0.05) is 11.8 Å². The summed E-state index contributed by atoms with van der Waals surface area (Å²) in [5, 5.41) is 19.3. The number of rotatable bonds is 4. The van der Waals surface area contributed by atoms with Crippen molar-refractivity contribution >= 4 is 35.1 Å². The maximum absolute atomic E-state index is 11.7. The van der Waals surface area contributed by atoms with Crippen LogP contribution in [-0.2, 0) is 0 Å². The van der Waals surface area contributed by atoms with Gasteiger partial charge in [-0.15, -0.1) is 5.10 Å². The summed E-state index contributed by atoms with van der Waals surface area (Å²) in [6.45, 7) is 3.41. The van der Waals surface area contributed by atoms with Crippen LogP contribution in [0.15, 0.2) is 24.3 Å². The summed E-state index contributed by atoms with van der Waals surface area (Å²) < 4.78 is 1.65. The lowest BCUT2D eigenvalue weighted by atomic mass is 10.3. The van der Waals surface area contributed by atoms with Gasteiger partial charge in [0.05, 0.1) is 28.4 Å². The lowest BCUT2D eigenvalue weighted by Gasteiger charge is -2.10. The van der Waals surface area contributed by atoms with Gasteiger partial charge in [0.25, 0.3) is 0 Å². The first-order valence-electron chi connectivity index (χ1n) is 6.61. The molecule has 1 aromatic carbocycles. The topological polar surface area (TPSA) is 79.2 Å². The number of benzene rings is 1. The molecule has 0 spiro atoms. The van der Waals surface area contributed by atoms with E-state index in [-0.39, 0.29) is 12.6 Å². The van der Waals surface area contributed by atoms with Crippen LogP contribution in [0.3, 0.4) is 0 Å². The van der Waals surface area contributed by atoms with E-state index in [9.17, 15) is 4.79 Å². The quantitative estimate of drug-likeness (QED) is 0.799. The number of halogens is 2. The molecule has 0 aliphatic rings. The number of aliphatic hydroxyl groups is 1. The number of nitrogens with one attached hydrogen (secondary N) is 2. The Morgan fingerprint density at radius 1 is 1.36 bits per heavy atom. The van der Waals surface area contributed by atoms with Crippen molar-refractivity contribution in [3.63, 3.8) is 0 Å². The molecule has 2 aromatic rings. The summed E-state index contributed by atoms with van der Waals surface area (Å²) in [6, 6.07) is 6.13. The van der Waals surface area contributed by atoms with E-state index in [1.54, 1.807) is 35.9 Å². The number of aryl methyl sites for hydroxylation is 1. The highest BCUT2D eigenvalue weighted by Gasteiger charge is 2.11. The van der Waals surface area contributed by atoms with E-state index in [2.05, 4.69) is 15.7 Å². The number of hydrogen-bond donors (Lipinski definition) is 3. The summed E-state index contributed by atoms with van der Waals surface area (Å²) in [4.78, 5) is 11.7. The molecule has 118 valence electrons. The Morgan fingerprint density at radius 2 is 2.09 bits per heavy atom. The summed E-state index contributed by atoms with van der Waals surface area (Å²) in [5.41, 5.74) is 1.56. The number of anilines is 1. The maximum atomic E-state index is 11.7. The van der Waals surface area contributed by atoms with Crippen LogP contribution in [0.5, 0.6) is 0 Å². The third kappa shape index (κ3) is 3.91. The maximum Gasteiger partial charge on any atom is 0.320 e. The van der Waals surface area contributed by atoms with Crippen LogP contribution < -0.4 is 10.6 Å². The molecule has 2 amide bonds. The molecule has 8 heteroatoms. The Hall–Kier alpha value is -1.76. The van der Waals surface area contributed by atoms with Crippen LogP contribution in [0.4, 0.5) is 10.6 Å². The highest BCUT2D eigenvalue weighted by Crippen LogP contribution is 2.25. The third-order valence-corrected chi connectivity index (χ3v) is 3.67. The van der Waals surface area contributed by atoms with E-state index in [0.29, 0.717) is 15.9 Å². The lowest BCUT2D eigenvalue weighted by Crippen LogP contribution is -2.38. The number of nitrogens with zero attached hydrogens (tertiary/aromatic N) is 2. The van der Waals surface area contributed by atoms with E-state index in [4.69, 9.17) is 28.3 Å². The SMILES string of the molecule is Cc1cc(NC(=O)NC(C)CO)nn1-c1ccc(Cl)c(Cl)c1. The number of carbonyl (C=O) groups excluding carboxylic acids is 1. The van der Waals surface area contributed by atoms with Crippen molar-refractivity contribution in [1.82, 2.24) is 15.1 Å². The standard InChI is InChI=1S/C14H16Cl2N4O2/c1-8(7-21)17-14(22)18-13-5-9(2)20(19-13)10-3-4-11(15)12(16)6-10/h3-6,8,21H,7H2,1-2H3,(H2,17,18,19,22). The molecule has 6 nitrogen and oxygen atoms in total. The average molecular weight is 343 g/mol. The lowest BCUT2D eigenvalue weighted by molar-refractivity contribution is 0.229. The largest absolute Gasteiger partial charge is 0.394 e. The first kappa shape index (κ1) is 16.6. The van der Waals surface area contributed by atoms with Gasteiger partial charge < -0.3 is 10.4 Å². The monoisotopic (exact) mass is 342 g/mol. The molecule has 0 saturated carbocycles. The molecule has 0 fully saturated rings. The second-order valence-electron chi connectivity index (χ2n) is 4.86. The van der Waals surface area contributed by atoms with E-state index < -0.39 is 6.03 Å². The zero-order chi connectivity index (χ0) is 16.3. The zero-order valence-corrected chi connectivity index (χ0v) is 13.6. The molecule has 1 heterocycles. The summed E-state index contributed by atoms with van der Waals surface area (Å²) in [5.74, 6) is 0.395. The Kier molecular flexibility index (Phi) is 5.28. The number of hydrogen-bond acceptors (Lipinski definition) is 3. The summed E-state index contributed by atoms with van der Waals surface area (Å²) >= 11 is 11.9. The number of carbonyl (C=O) groups is 1. The van der Waals surface area contributed by atoms with Gasteiger partial charge in [0.15, 0.2) is 5.82 Å². The van der Waals surface area contributed by atoms with Gasteiger partial charge in [-0.1, -0.05) is 23.2 Å². The molecule has 0 bridgehead atoms. The van der Waals surface area contributed by atoms with Crippen molar-refractivity contribution < 1.29 is 9.90 Å². The fourth-order valence-electron chi connectivity index (χ4n) is 1.84. The van der Waals surface area contributed by atoms with Crippen LogP contribution in [0, 0.1) is 6.92 Å². The van der Waals surface area contributed by atoms with Gasteiger partial charge in [-0.2, -0.15) is 0 Å². The minimum Gasteiger partial charge on any atom is -0.394 e. The molecule has 0 aliphatic carbocycles. The highest BCUT2D eigenvalue weighted by atomic mass is 35.5. The van der Waals surface area contributed by atoms with Gasteiger partial charge in [-0.3, -0.25) is 5.32 Å². The van der Waals surface area contributed by atoms with E-state index in [1.165, 1.54) is 0 Å². The van der Waals surface area contributed by atoms with Gasteiger partial charge >= 0.3 is 6.03 Å². The van der Waals surface area contributed by atoms with Crippen LogP contribution in [0.1, 0.15) is 12.6 Å². The predicted octanol–water partition coefficient (Wildman–Crippen LogP) is 2.99. The summed E-state index contributed by atoms with van der Waals surface area (Å²) in [6.07, 6.45) is 0.